The lowest BCUT2D eigenvalue weighted by atomic mass is 10.1. The number of halogens is 1. The van der Waals surface area contributed by atoms with E-state index in [4.69, 9.17) is 16.3 Å². The van der Waals surface area contributed by atoms with Gasteiger partial charge < -0.3 is 10.1 Å². The predicted octanol–water partition coefficient (Wildman–Crippen LogP) is 2.97. The lowest BCUT2D eigenvalue weighted by Gasteiger charge is -2.15. The second-order valence-corrected chi connectivity index (χ2v) is 6.07. The van der Waals surface area contributed by atoms with Crippen LogP contribution in [0.1, 0.15) is 27.6 Å². The maximum Gasteiger partial charge on any atom is 0.265 e. The Hall–Kier alpha value is -2.86. The molecule has 1 atom stereocenters. The van der Waals surface area contributed by atoms with Crippen molar-refractivity contribution in [2.45, 2.75) is 13.0 Å². The van der Waals surface area contributed by atoms with Gasteiger partial charge in [0.05, 0.1) is 11.1 Å². The molecule has 0 fully saturated rings. The first-order chi connectivity index (χ1) is 11.9. The smallest absolute Gasteiger partial charge is 0.265 e. The average molecular weight is 359 g/mol. The molecule has 0 aromatic heterocycles. The van der Waals surface area contributed by atoms with Crippen molar-refractivity contribution in [3.8, 4) is 5.75 Å². The summed E-state index contributed by atoms with van der Waals surface area (Å²) >= 11 is 5.89. The SMILES string of the molecule is CC(Oc1cccc(Cl)c1)C(=O)Nc1ccc2c(c1)C(=O)N(C)C2=O. The molecule has 1 heterocycles. The lowest BCUT2D eigenvalue weighted by molar-refractivity contribution is -0.122. The number of nitrogens with zero attached hydrogens (tertiary/aromatic N) is 1. The molecule has 1 aliphatic rings. The Labute approximate surface area is 149 Å². The van der Waals surface area contributed by atoms with E-state index in [2.05, 4.69) is 5.32 Å². The molecule has 0 bridgehead atoms. The molecule has 0 radical (unpaired) electrons. The van der Waals surface area contributed by atoms with Crippen molar-refractivity contribution in [3.05, 3.63) is 58.6 Å². The molecule has 0 aliphatic carbocycles. The highest BCUT2D eigenvalue weighted by atomic mass is 35.5. The summed E-state index contributed by atoms with van der Waals surface area (Å²) in [6.07, 6.45) is -0.772. The fraction of sp³-hybridized carbons (Fsp3) is 0.167. The number of hydrogen-bond acceptors (Lipinski definition) is 4. The Balaban J connectivity index is 1.71. The standard InChI is InChI=1S/C18H15ClN2O4/c1-10(25-13-5-3-4-11(19)8-13)16(22)20-12-6-7-14-15(9-12)18(24)21(2)17(14)23/h3-10H,1-2H3,(H,20,22). The molecule has 25 heavy (non-hydrogen) atoms. The number of nitrogens with one attached hydrogen (secondary N) is 1. The fourth-order valence-electron chi connectivity index (χ4n) is 2.48. The summed E-state index contributed by atoms with van der Waals surface area (Å²) in [4.78, 5) is 37.2. The van der Waals surface area contributed by atoms with Crippen molar-refractivity contribution in [1.29, 1.82) is 0 Å². The lowest BCUT2D eigenvalue weighted by Crippen LogP contribution is -2.30. The van der Waals surface area contributed by atoms with E-state index >= 15 is 0 Å². The molecule has 1 N–H and O–H groups in total. The summed E-state index contributed by atoms with van der Waals surface area (Å²) in [6.45, 7) is 1.60. The van der Waals surface area contributed by atoms with Crippen LogP contribution in [0, 0.1) is 0 Å². The number of carbonyl (C=O) groups is 3. The van der Waals surface area contributed by atoms with Crippen LogP contribution in [0.25, 0.3) is 0 Å². The van der Waals surface area contributed by atoms with Gasteiger partial charge in [0.1, 0.15) is 5.75 Å². The van der Waals surface area contributed by atoms with Gasteiger partial charge in [0.2, 0.25) is 0 Å². The van der Waals surface area contributed by atoms with Crippen LogP contribution in [0.4, 0.5) is 5.69 Å². The maximum absolute atomic E-state index is 12.3. The molecule has 1 aliphatic heterocycles. The third-order valence-corrected chi connectivity index (χ3v) is 4.07. The van der Waals surface area contributed by atoms with Gasteiger partial charge in [-0.1, -0.05) is 17.7 Å². The van der Waals surface area contributed by atoms with E-state index in [1.165, 1.54) is 19.2 Å². The van der Waals surface area contributed by atoms with Crippen LogP contribution in [-0.4, -0.2) is 35.8 Å². The summed E-state index contributed by atoms with van der Waals surface area (Å²) in [5.74, 6) is -0.647. The molecule has 7 heteroatoms. The van der Waals surface area contributed by atoms with E-state index in [1.54, 1.807) is 37.3 Å². The number of fused-ring (bicyclic) bond motifs is 1. The minimum atomic E-state index is -0.772. The molecule has 6 nitrogen and oxygen atoms in total. The van der Waals surface area contributed by atoms with E-state index in [0.29, 0.717) is 22.0 Å². The largest absolute Gasteiger partial charge is 0.481 e. The molecule has 2 aromatic rings. The minimum Gasteiger partial charge on any atom is -0.481 e. The van der Waals surface area contributed by atoms with Crippen molar-refractivity contribution in [2.24, 2.45) is 0 Å². The summed E-state index contributed by atoms with van der Waals surface area (Å²) < 4.78 is 5.55. The van der Waals surface area contributed by atoms with Gasteiger partial charge in [0.15, 0.2) is 6.10 Å². The Bertz CT molecular complexity index is 881. The monoisotopic (exact) mass is 358 g/mol. The predicted molar refractivity (Wildman–Crippen MR) is 93.0 cm³/mol. The van der Waals surface area contributed by atoms with Crippen molar-refractivity contribution in [1.82, 2.24) is 4.90 Å². The molecule has 128 valence electrons. The van der Waals surface area contributed by atoms with Gasteiger partial charge in [-0.3, -0.25) is 19.3 Å². The third-order valence-electron chi connectivity index (χ3n) is 3.84. The number of hydrogen-bond donors (Lipinski definition) is 1. The first kappa shape index (κ1) is 17.0. The van der Waals surface area contributed by atoms with E-state index in [0.717, 1.165) is 4.90 Å². The Morgan fingerprint density at radius 3 is 2.56 bits per heavy atom. The number of ether oxygens (including phenoxy) is 1. The topological polar surface area (TPSA) is 75.7 Å². The molecule has 0 spiro atoms. The zero-order valence-electron chi connectivity index (χ0n) is 13.6. The van der Waals surface area contributed by atoms with E-state index in [9.17, 15) is 14.4 Å². The van der Waals surface area contributed by atoms with Gasteiger partial charge in [0, 0.05) is 17.8 Å². The summed E-state index contributed by atoms with van der Waals surface area (Å²) in [6, 6.07) is 11.3. The zero-order valence-corrected chi connectivity index (χ0v) is 14.3. The second kappa shape index (κ2) is 6.57. The highest BCUT2D eigenvalue weighted by Crippen LogP contribution is 2.25. The summed E-state index contributed by atoms with van der Waals surface area (Å²) in [5.41, 5.74) is 1.02. The number of anilines is 1. The molecule has 2 aromatic carbocycles. The van der Waals surface area contributed by atoms with Gasteiger partial charge >= 0.3 is 0 Å². The van der Waals surface area contributed by atoms with Crippen molar-refractivity contribution in [2.75, 3.05) is 12.4 Å². The van der Waals surface area contributed by atoms with E-state index in [-0.39, 0.29) is 23.3 Å². The molecule has 0 saturated carbocycles. The first-order valence-corrected chi connectivity index (χ1v) is 7.94. The molecular weight excluding hydrogens is 344 g/mol. The van der Waals surface area contributed by atoms with Gasteiger partial charge in [-0.05, 0) is 43.3 Å². The Morgan fingerprint density at radius 2 is 1.84 bits per heavy atom. The molecule has 3 rings (SSSR count). The van der Waals surface area contributed by atoms with Crippen LogP contribution in [0.2, 0.25) is 5.02 Å². The van der Waals surface area contributed by atoms with Gasteiger partial charge in [0.25, 0.3) is 17.7 Å². The highest BCUT2D eigenvalue weighted by molar-refractivity contribution is 6.30. The minimum absolute atomic E-state index is 0.272. The van der Waals surface area contributed by atoms with Gasteiger partial charge in [-0.25, -0.2) is 0 Å². The Morgan fingerprint density at radius 1 is 1.12 bits per heavy atom. The summed E-state index contributed by atoms with van der Waals surface area (Å²) in [7, 11) is 1.42. The number of benzene rings is 2. The van der Waals surface area contributed by atoms with E-state index in [1.807, 2.05) is 0 Å². The van der Waals surface area contributed by atoms with Gasteiger partial charge in [-0.15, -0.1) is 0 Å². The normalized spacial score (nSPS) is 14.3. The molecular formula is C18H15ClN2O4. The maximum atomic E-state index is 12.3. The molecule has 3 amide bonds. The van der Waals surface area contributed by atoms with Crippen molar-refractivity contribution >= 4 is 35.0 Å². The van der Waals surface area contributed by atoms with Crippen LogP contribution in [0.15, 0.2) is 42.5 Å². The average Bonchev–Trinajstić information content (AvgIpc) is 2.79. The molecule has 0 saturated heterocycles. The third kappa shape index (κ3) is 3.34. The van der Waals surface area contributed by atoms with Crippen LogP contribution >= 0.6 is 11.6 Å². The van der Waals surface area contributed by atoms with E-state index < -0.39 is 6.10 Å². The van der Waals surface area contributed by atoms with Crippen LogP contribution in [0.3, 0.4) is 0 Å². The van der Waals surface area contributed by atoms with Crippen LogP contribution < -0.4 is 10.1 Å². The zero-order chi connectivity index (χ0) is 18.1. The second-order valence-electron chi connectivity index (χ2n) is 5.64. The number of rotatable bonds is 4. The van der Waals surface area contributed by atoms with Crippen LogP contribution in [-0.2, 0) is 4.79 Å². The number of imide groups is 1. The molecule has 1 unspecified atom stereocenters. The van der Waals surface area contributed by atoms with Crippen molar-refractivity contribution in [3.63, 3.8) is 0 Å². The fourth-order valence-corrected chi connectivity index (χ4v) is 2.66. The first-order valence-electron chi connectivity index (χ1n) is 7.56. The van der Waals surface area contributed by atoms with Crippen LogP contribution in [0.5, 0.6) is 5.75 Å². The number of carbonyl (C=O) groups excluding carboxylic acids is 3. The quantitative estimate of drug-likeness (QED) is 0.852. The number of amides is 3. The van der Waals surface area contributed by atoms with Gasteiger partial charge in [-0.2, -0.15) is 0 Å². The highest BCUT2D eigenvalue weighted by Gasteiger charge is 2.32. The summed E-state index contributed by atoms with van der Waals surface area (Å²) in [5, 5.41) is 3.19. The Kier molecular flexibility index (Phi) is 4.46. The van der Waals surface area contributed by atoms with Crippen molar-refractivity contribution < 1.29 is 19.1 Å².